The molecule has 1 fully saturated rings. The first-order chi connectivity index (χ1) is 9.04. The monoisotopic (exact) mass is 280 g/mol. The number of hydrogen-bond donors (Lipinski definition) is 1. The van der Waals surface area contributed by atoms with Crippen molar-refractivity contribution in [3.05, 3.63) is 28.8 Å². The van der Waals surface area contributed by atoms with Gasteiger partial charge in [0.15, 0.2) is 0 Å². The molecule has 5 heteroatoms. The van der Waals surface area contributed by atoms with Gasteiger partial charge in [-0.25, -0.2) is 0 Å². The Morgan fingerprint density at radius 3 is 2.95 bits per heavy atom. The molecule has 0 aliphatic carbocycles. The van der Waals surface area contributed by atoms with Gasteiger partial charge in [-0.1, -0.05) is 17.7 Å². The van der Waals surface area contributed by atoms with Crippen molar-refractivity contribution in [3.8, 4) is 0 Å². The van der Waals surface area contributed by atoms with Crippen molar-refractivity contribution in [3.63, 3.8) is 0 Å². The first kappa shape index (κ1) is 13.9. The Morgan fingerprint density at radius 2 is 2.26 bits per heavy atom. The van der Waals surface area contributed by atoms with Crippen LogP contribution in [0.2, 0.25) is 5.02 Å². The van der Waals surface area contributed by atoms with Crippen molar-refractivity contribution in [2.24, 2.45) is 5.92 Å². The summed E-state index contributed by atoms with van der Waals surface area (Å²) in [5.41, 5.74) is 1.78. The fraction of sp³-hybridized carbons (Fsp3) is 0.429. The fourth-order valence-electron chi connectivity index (χ4n) is 2.33. The van der Waals surface area contributed by atoms with E-state index >= 15 is 0 Å². The molecule has 2 rings (SSSR count). The zero-order valence-electron chi connectivity index (χ0n) is 11.1. The van der Waals surface area contributed by atoms with E-state index in [0.717, 1.165) is 11.3 Å². The minimum atomic E-state index is -0.571. The number of aryl methyl sites for hydroxylation is 1. The van der Waals surface area contributed by atoms with Crippen molar-refractivity contribution in [1.82, 2.24) is 5.32 Å². The lowest BCUT2D eigenvalue weighted by atomic mass is 10.1. The van der Waals surface area contributed by atoms with Crippen LogP contribution in [0.4, 0.5) is 5.69 Å². The topological polar surface area (TPSA) is 49.4 Å². The van der Waals surface area contributed by atoms with Crippen LogP contribution in [0.1, 0.15) is 18.9 Å². The van der Waals surface area contributed by atoms with Crippen molar-refractivity contribution < 1.29 is 9.59 Å². The third-order valence-corrected chi connectivity index (χ3v) is 3.57. The van der Waals surface area contributed by atoms with Gasteiger partial charge >= 0.3 is 0 Å². The number of hydrogen-bond acceptors (Lipinski definition) is 2. The number of nitrogens with zero attached hydrogens (tertiary/aromatic N) is 1. The molecule has 1 N–H and O–H groups in total. The van der Waals surface area contributed by atoms with Gasteiger partial charge in [-0.2, -0.15) is 0 Å². The highest BCUT2D eigenvalue weighted by atomic mass is 35.5. The van der Waals surface area contributed by atoms with Crippen LogP contribution in [-0.4, -0.2) is 24.9 Å². The smallest absolute Gasteiger partial charge is 0.239 e. The number of anilines is 1. The summed E-state index contributed by atoms with van der Waals surface area (Å²) < 4.78 is 0. The summed E-state index contributed by atoms with van der Waals surface area (Å²) in [6.07, 6.45) is 0.552. The number of amides is 2. The number of rotatable bonds is 3. The molecule has 4 nitrogen and oxygen atoms in total. The minimum Gasteiger partial charge on any atom is -0.356 e. The molecule has 2 amide bonds. The van der Waals surface area contributed by atoms with Crippen molar-refractivity contribution in [2.75, 3.05) is 18.0 Å². The Morgan fingerprint density at radius 1 is 1.53 bits per heavy atom. The van der Waals surface area contributed by atoms with Crippen LogP contribution in [0.15, 0.2) is 18.2 Å². The molecule has 1 saturated heterocycles. The largest absolute Gasteiger partial charge is 0.356 e. The quantitative estimate of drug-likeness (QED) is 0.863. The van der Waals surface area contributed by atoms with Gasteiger partial charge in [0.25, 0.3) is 0 Å². The van der Waals surface area contributed by atoms with E-state index in [4.69, 9.17) is 11.6 Å². The van der Waals surface area contributed by atoms with Gasteiger partial charge in [0, 0.05) is 23.8 Å². The maximum absolute atomic E-state index is 12.3. The van der Waals surface area contributed by atoms with Crippen molar-refractivity contribution in [1.29, 1.82) is 0 Å². The maximum atomic E-state index is 12.3. The van der Waals surface area contributed by atoms with Crippen molar-refractivity contribution >= 4 is 29.1 Å². The number of carbonyl (C=O) groups excluding carboxylic acids is 2. The summed E-state index contributed by atoms with van der Waals surface area (Å²) in [7, 11) is 0. The van der Waals surface area contributed by atoms with Crippen LogP contribution in [-0.2, 0) is 9.59 Å². The summed E-state index contributed by atoms with van der Waals surface area (Å²) in [5.74, 6) is -0.899. The van der Waals surface area contributed by atoms with E-state index in [0.29, 0.717) is 24.5 Å². The maximum Gasteiger partial charge on any atom is 0.239 e. The van der Waals surface area contributed by atoms with Gasteiger partial charge in [-0.3, -0.25) is 9.59 Å². The number of halogens is 1. The lowest BCUT2D eigenvalue weighted by Crippen LogP contribution is -2.36. The second kappa shape index (κ2) is 5.61. The molecular formula is C14H17ClN2O2. The first-order valence-electron chi connectivity index (χ1n) is 6.39. The molecule has 1 aliphatic heterocycles. The van der Waals surface area contributed by atoms with E-state index < -0.39 is 5.92 Å². The summed E-state index contributed by atoms with van der Waals surface area (Å²) in [4.78, 5) is 25.8. The molecule has 0 radical (unpaired) electrons. The standard InChI is InChI=1S/C14H17ClN2O2/c1-3-16-13(18)11-6-7-17(14(11)19)12-8-10(15)5-4-9(12)2/h4-5,8,11H,3,6-7H2,1-2H3,(H,16,18). The molecule has 1 atom stereocenters. The van der Waals surface area contributed by atoms with Gasteiger partial charge in [0.05, 0.1) is 0 Å². The molecule has 0 bridgehead atoms. The predicted molar refractivity (Wildman–Crippen MR) is 75.3 cm³/mol. The number of nitrogens with one attached hydrogen (secondary N) is 1. The Labute approximate surface area is 117 Å². The highest BCUT2D eigenvalue weighted by Gasteiger charge is 2.37. The zero-order chi connectivity index (χ0) is 14.0. The number of benzene rings is 1. The van der Waals surface area contributed by atoms with Crippen LogP contribution >= 0.6 is 11.6 Å². The average Bonchev–Trinajstić information content (AvgIpc) is 2.74. The lowest BCUT2D eigenvalue weighted by Gasteiger charge is -2.19. The minimum absolute atomic E-state index is 0.142. The summed E-state index contributed by atoms with van der Waals surface area (Å²) in [5, 5.41) is 3.30. The predicted octanol–water partition coefficient (Wildman–Crippen LogP) is 2.14. The normalized spacial score (nSPS) is 18.8. The third kappa shape index (κ3) is 2.73. The van der Waals surface area contributed by atoms with E-state index in [1.165, 1.54) is 0 Å². The fourth-order valence-corrected chi connectivity index (χ4v) is 2.50. The average molecular weight is 281 g/mol. The van der Waals surface area contributed by atoms with Crippen LogP contribution in [0, 0.1) is 12.8 Å². The second-order valence-corrected chi connectivity index (χ2v) is 5.09. The van der Waals surface area contributed by atoms with Crippen LogP contribution < -0.4 is 10.2 Å². The highest BCUT2D eigenvalue weighted by Crippen LogP contribution is 2.30. The Balaban J connectivity index is 2.22. The summed E-state index contributed by atoms with van der Waals surface area (Å²) in [6, 6.07) is 5.45. The highest BCUT2D eigenvalue weighted by molar-refractivity contribution is 6.31. The van der Waals surface area contributed by atoms with Crippen LogP contribution in [0.5, 0.6) is 0 Å². The van der Waals surface area contributed by atoms with Crippen LogP contribution in [0.25, 0.3) is 0 Å². The summed E-state index contributed by atoms with van der Waals surface area (Å²) in [6.45, 7) is 4.87. The molecule has 1 heterocycles. The molecule has 102 valence electrons. The molecule has 0 spiro atoms. The third-order valence-electron chi connectivity index (χ3n) is 3.33. The van der Waals surface area contributed by atoms with E-state index in [2.05, 4.69) is 5.32 Å². The molecule has 1 aromatic rings. The van der Waals surface area contributed by atoms with Gasteiger partial charge in [0.1, 0.15) is 5.92 Å². The molecule has 19 heavy (non-hydrogen) atoms. The van der Waals surface area contributed by atoms with Gasteiger partial charge in [-0.15, -0.1) is 0 Å². The number of carbonyl (C=O) groups is 2. The van der Waals surface area contributed by atoms with Crippen molar-refractivity contribution in [2.45, 2.75) is 20.3 Å². The molecule has 1 aliphatic rings. The Bertz CT molecular complexity index is 516. The molecular weight excluding hydrogens is 264 g/mol. The molecule has 1 unspecified atom stereocenters. The Hall–Kier alpha value is -1.55. The molecule has 0 aromatic heterocycles. The molecule has 0 saturated carbocycles. The zero-order valence-corrected chi connectivity index (χ0v) is 11.8. The van der Waals surface area contributed by atoms with E-state index in [1.807, 2.05) is 19.9 Å². The van der Waals surface area contributed by atoms with E-state index in [-0.39, 0.29) is 11.8 Å². The lowest BCUT2D eigenvalue weighted by molar-refractivity contribution is -0.132. The van der Waals surface area contributed by atoms with Gasteiger partial charge in [-0.05, 0) is 38.0 Å². The summed E-state index contributed by atoms with van der Waals surface area (Å²) >= 11 is 5.97. The van der Waals surface area contributed by atoms with Crippen LogP contribution in [0.3, 0.4) is 0 Å². The Kier molecular flexibility index (Phi) is 4.10. The van der Waals surface area contributed by atoms with Gasteiger partial charge in [0.2, 0.25) is 11.8 Å². The first-order valence-corrected chi connectivity index (χ1v) is 6.77. The molecule has 1 aromatic carbocycles. The second-order valence-electron chi connectivity index (χ2n) is 4.66. The van der Waals surface area contributed by atoms with E-state index in [9.17, 15) is 9.59 Å². The van der Waals surface area contributed by atoms with E-state index in [1.54, 1.807) is 17.0 Å². The SMILES string of the molecule is CCNC(=O)C1CCN(c2cc(Cl)ccc2C)C1=O. The van der Waals surface area contributed by atoms with Gasteiger partial charge < -0.3 is 10.2 Å².